The lowest BCUT2D eigenvalue weighted by atomic mass is 10.3. The molecule has 6 heteroatoms. The Morgan fingerprint density at radius 2 is 2.00 bits per heavy atom. The lowest BCUT2D eigenvalue weighted by Gasteiger charge is -1.92. The molecule has 0 saturated carbocycles. The van der Waals surface area contributed by atoms with Crippen LogP contribution in [0.4, 0.5) is 0 Å². The summed E-state index contributed by atoms with van der Waals surface area (Å²) in [5.74, 6) is 1.32. The quantitative estimate of drug-likeness (QED) is 0.818. The molecule has 0 radical (unpaired) electrons. The van der Waals surface area contributed by atoms with Gasteiger partial charge in [0.15, 0.2) is 0 Å². The highest BCUT2D eigenvalue weighted by Crippen LogP contribution is 2.10. The van der Waals surface area contributed by atoms with Gasteiger partial charge >= 0.3 is 0 Å². The Hall–Kier alpha value is -1.82. The van der Waals surface area contributed by atoms with E-state index in [-0.39, 0.29) is 6.61 Å². The number of hydrogen-bond acceptors (Lipinski definition) is 6. The minimum atomic E-state index is 0.110. The second-order valence-electron chi connectivity index (χ2n) is 3.42. The van der Waals surface area contributed by atoms with Gasteiger partial charge in [-0.25, -0.2) is 9.97 Å². The van der Waals surface area contributed by atoms with E-state index in [1.807, 2.05) is 6.92 Å². The molecule has 0 amide bonds. The summed E-state index contributed by atoms with van der Waals surface area (Å²) in [5.41, 5.74) is 0.979. The van der Waals surface area contributed by atoms with Gasteiger partial charge < -0.3 is 9.63 Å². The van der Waals surface area contributed by atoms with Crippen LogP contribution < -0.4 is 0 Å². The molecule has 2 aromatic heterocycles. The Morgan fingerprint density at radius 1 is 1.25 bits per heavy atom. The van der Waals surface area contributed by atoms with Crippen LogP contribution in [0.2, 0.25) is 0 Å². The number of aromatic nitrogens is 4. The molecule has 0 fully saturated rings. The number of aryl methyl sites for hydroxylation is 2. The first-order valence-corrected chi connectivity index (χ1v) is 5.02. The highest BCUT2D eigenvalue weighted by Gasteiger charge is 2.10. The Balaban J connectivity index is 2.15. The normalized spacial score (nSPS) is 10.6. The summed E-state index contributed by atoms with van der Waals surface area (Å²) in [5, 5.41) is 12.4. The van der Waals surface area contributed by atoms with Crippen LogP contribution in [0.1, 0.15) is 17.9 Å². The van der Waals surface area contributed by atoms with Gasteiger partial charge in [0.05, 0.1) is 0 Å². The van der Waals surface area contributed by atoms with Crippen molar-refractivity contribution in [3.05, 3.63) is 23.8 Å². The second kappa shape index (κ2) is 4.80. The molecular formula is C10H12N4O2. The minimum absolute atomic E-state index is 0.110. The van der Waals surface area contributed by atoms with E-state index in [4.69, 9.17) is 9.63 Å². The van der Waals surface area contributed by atoms with Crippen molar-refractivity contribution in [3.63, 3.8) is 0 Å². The summed E-state index contributed by atoms with van der Waals surface area (Å²) < 4.78 is 5.00. The third-order valence-corrected chi connectivity index (χ3v) is 2.00. The van der Waals surface area contributed by atoms with Crippen LogP contribution in [-0.4, -0.2) is 31.8 Å². The van der Waals surface area contributed by atoms with E-state index < -0.39 is 0 Å². The Morgan fingerprint density at radius 3 is 2.69 bits per heavy atom. The third kappa shape index (κ3) is 2.40. The fourth-order valence-corrected chi connectivity index (χ4v) is 1.19. The summed E-state index contributed by atoms with van der Waals surface area (Å²) in [4.78, 5) is 12.3. The van der Waals surface area contributed by atoms with Crippen molar-refractivity contribution >= 4 is 0 Å². The lowest BCUT2D eigenvalue weighted by Crippen LogP contribution is -1.92. The van der Waals surface area contributed by atoms with Crippen molar-refractivity contribution in [2.45, 2.75) is 19.8 Å². The Bertz CT molecular complexity index is 452. The maximum Gasteiger partial charge on any atom is 0.240 e. The number of hydrogen-bond donors (Lipinski definition) is 1. The van der Waals surface area contributed by atoms with Crippen molar-refractivity contribution in [2.75, 3.05) is 6.61 Å². The van der Waals surface area contributed by atoms with Gasteiger partial charge in [-0.05, 0) is 18.9 Å². The van der Waals surface area contributed by atoms with Crippen molar-refractivity contribution < 1.29 is 9.63 Å². The van der Waals surface area contributed by atoms with Crippen molar-refractivity contribution in [1.82, 2.24) is 20.1 Å². The van der Waals surface area contributed by atoms with E-state index in [2.05, 4.69) is 20.1 Å². The SMILES string of the molecule is Cc1cnc(-c2noc(CCCO)n2)nc1. The summed E-state index contributed by atoms with van der Waals surface area (Å²) >= 11 is 0. The van der Waals surface area contributed by atoms with Gasteiger partial charge in [-0.2, -0.15) is 4.98 Å². The van der Waals surface area contributed by atoms with E-state index in [9.17, 15) is 0 Å². The summed E-state index contributed by atoms with van der Waals surface area (Å²) in [7, 11) is 0. The molecule has 16 heavy (non-hydrogen) atoms. The molecule has 0 aliphatic rings. The van der Waals surface area contributed by atoms with Gasteiger partial charge in [-0.1, -0.05) is 5.16 Å². The van der Waals surface area contributed by atoms with Crippen molar-refractivity contribution in [1.29, 1.82) is 0 Å². The monoisotopic (exact) mass is 220 g/mol. The smallest absolute Gasteiger partial charge is 0.240 e. The molecule has 84 valence electrons. The molecule has 0 aromatic carbocycles. The van der Waals surface area contributed by atoms with Crippen LogP contribution in [0.25, 0.3) is 11.6 Å². The molecule has 2 aromatic rings. The predicted molar refractivity (Wildman–Crippen MR) is 55.5 cm³/mol. The van der Waals surface area contributed by atoms with E-state index in [0.717, 1.165) is 5.56 Å². The maximum atomic E-state index is 8.67. The van der Waals surface area contributed by atoms with E-state index >= 15 is 0 Å². The minimum Gasteiger partial charge on any atom is -0.396 e. The molecule has 0 atom stereocenters. The zero-order valence-corrected chi connectivity index (χ0v) is 8.92. The van der Waals surface area contributed by atoms with Gasteiger partial charge in [0.1, 0.15) is 0 Å². The molecule has 2 rings (SSSR count). The van der Waals surface area contributed by atoms with Crippen LogP contribution in [0.15, 0.2) is 16.9 Å². The van der Waals surface area contributed by atoms with E-state index in [1.54, 1.807) is 12.4 Å². The molecule has 0 spiro atoms. The number of rotatable bonds is 4. The molecule has 0 unspecified atom stereocenters. The zero-order chi connectivity index (χ0) is 11.4. The summed E-state index contributed by atoms with van der Waals surface area (Å²) in [6, 6.07) is 0. The Labute approximate surface area is 92.4 Å². The molecule has 6 nitrogen and oxygen atoms in total. The summed E-state index contributed by atoms with van der Waals surface area (Å²) in [6.07, 6.45) is 4.57. The van der Waals surface area contributed by atoms with Crippen LogP contribution in [0.3, 0.4) is 0 Å². The molecule has 0 bridgehead atoms. The summed E-state index contributed by atoms with van der Waals surface area (Å²) in [6.45, 7) is 2.02. The first kappa shape index (κ1) is 10.7. The zero-order valence-electron chi connectivity index (χ0n) is 8.92. The molecular weight excluding hydrogens is 208 g/mol. The highest BCUT2D eigenvalue weighted by molar-refractivity contribution is 5.40. The predicted octanol–water partition coefficient (Wildman–Crippen LogP) is 0.760. The van der Waals surface area contributed by atoms with Gasteiger partial charge in [-0.15, -0.1) is 0 Å². The molecule has 0 aliphatic heterocycles. The van der Waals surface area contributed by atoms with Gasteiger partial charge in [0.25, 0.3) is 0 Å². The molecule has 0 saturated heterocycles. The first-order chi connectivity index (χ1) is 7.79. The van der Waals surface area contributed by atoms with Crippen molar-refractivity contribution in [3.8, 4) is 11.6 Å². The number of aliphatic hydroxyl groups excluding tert-OH is 1. The van der Waals surface area contributed by atoms with Gasteiger partial charge in [-0.3, -0.25) is 0 Å². The molecule has 0 aliphatic carbocycles. The first-order valence-electron chi connectivity index (χ1n) is 5.02. The highest BCUT2D eigenvalue weighted by atomic mass is 16.5. The maximum absolute atomic E-state index is 8.67. The van der Waals surface area contributed by atoms with Gasteiger partial charge in [0, 0.05) is 25.4 Å². The van der Waals surface area contributed by atoms with E-state index in [1.165, 1.54) is 0 Å². The average molecular weight is 220 g/mol. The average Bonchev–Trinajstić information content (AvgIpc) is 2.76. The van der Waals surface area contributed by atoms with Crippen LogP contribution in [0, 0.1) is 6.92 Å². The number of aliphatic hydroxyl groups is 1. The van der Waals surface area contributed by atoms with Crippen LogP contribution in [0.5, 0.6) is 0 Å². The largest absolute Gasteiger partial charge is 0.396 e. The fourth-order valence-electron chi connectivity index (χ4n) is 1.19. The molecule has 2 heterocycles. The number of nitrogens with zero attached hydrogens (tertiary/aromatic N) is 4. The Kier molecular flexibility index (Phi) is 3.21. The molecule has 1 N–H and O–H groups in total. The topological polar surface area (TPSA) is 84.9 Å². The van der Waals surface area contributed by atoms with Crippen molar-refractivity contribution in [2.24, 2.45) is 0 Å². The van der Waals surface area contributed by atoms with Crippen LogP contribution in [-0.2, 0) is 6.42 Å². The van der Waals surface area contributed by atoms with Crippen LogP contribution >= 0.6 is 0 Å². The third-order valence-electron chi connectivity index (χ3n) is 2.00. The standard InChI is InChI=1S/C10H12N4O2/c1-7-5-11-9(12-6-7)10-13-8(16-14-10)3-2-4-15/h5-6,15H,2-4H2,1H3. The lowest BCUT2D eigenvalue weighted by molar-refractivity contribution is 0.278. The van der Waals surface area contributed by atoms with Gasteiger partial charge in [0.2, 0.25) is 17.5 Å². The van der Waals surface area contributed by atoms with E-state index in [0.29, 0.717) is 30.4 Å². The second-order valence-corrected chi connectivity index (χ2v) is 3.42. The fraction of sp³-hybridized carbons (Fsp3) is 0.400.